The normalized spacial score (nSPS) is 11.6. The Labute approximate surface area is 330 Å². The van der Waals surface area contributed by atoms with Crippen LogP contribution in [0.25, 0.3) is 85.9 Å². The molecule has 0 saturated heterocycles. The maximum absolute atomic E-state index is 2.55. The standard InChI is InChI=1S/C54H35NS/c1-2-13-36(14-3-1)42-30-31-49(48(35-42)43-27-25-37-15-4-6-18-40(37)33-43)55(51-23-12-22-47-46-21-10-11-24-52(46)56-54(47)51)50-32-29-39-17-8-9-20-45(39)53(50)44-28-26-38-16-5-7-19-41(38)34-44/h1-35H. The van der Waals surface area contributed by atoms with E-state index in [4.69, 9.17) is 0 Å². The molecule has 0 unspecified atom stereocenters. The lowest BCUT2D eigenvalue weighted by Crippen LogP contribution is -2.13. The van der Waals surface area contributed by atoms with Crippen LogP contribution in [0, 0.1) is 0 Å². The van der Waals surface area contributed by atoms with Crippen LogP contribution in [0.2, 0.25) is 0 Å². The van der Waals surface area contributed by atoms with Gasteiger partial charge in [0.1, 0.15) is 0 Å². The summed E-state index contributed by atoms with van der Waals surface area (Å²) in [5.74, 6) is 0. The molecule has 0 amide bonds. The van der Waals surface area contributed by atoms with Crippen molar-refractivity contribution in [3.05, 3.63) is 212 Å². The Hall–Kier alpha value is -7.00. The quantitative estimate of drug-likeness (QED) is 0.165. The predicted octanol–water partition coefficient (Wildman–Crippen LogP) is 16.0. The smallest absolute Gasteiger partial charge is 0.0640 e. The molecule has 0 fully saturated rings. The van der Waals surface area contributed by atoms with E-state index in [0.717, 1.165) is 17.1 Å². The first-order chi connectivity index (χ1) is 27.8. The molecule has 0 aliphatic heterocycles. The van der Waals surface area contributed by atoms with Gasteiger partial charge in [0, 0.05) is 26.6 Å². The van der Waals surface area contributed by atoms with Crippen LogP contribution in [0.4, 0.5) is 17.1 Å². The zero-order valence-electron chi connectivity index (χ0n) is 30.6. The van der Waals surface area contributed by atoms with Crippen molar-refractivity contribution in [2.75, 3.05) is 4.90 Å². The lowest BCUT2D eigenvalue weighted by atomic mass is 9.92. The SMILES string of the molecule is c1ccc(-c2ccc(N(c3ccc4ccccc4c3-c3ccc4ccccc4c3)c3cccc4c3sc3ccccc34)c(-c3ccc4ccccc4c3)c2)cc1. The highest BCUT2D eigenvalue weighted by molar-refractivity contribution is 7.26. The molecule has 2 heteroatoms. The molecular formula is C54H35NS. The summed E-state index contributed by atoms with van der Waals surface area (Å²) < 4.78 is 2.56. The Morgan fingerprint density at radius 3 is 1.66 bits per heavy atom. The minimum absolute atomic E-state index is 1.13. The van der Waals surface area contributed by atoms with Crippen molar-refractivity contribution < 1.29 is 0 Å². The van der Waals surface area contributed by atoms with Crippen molar-refractivity contribution in [1.29, 1.82) is 0 Å². The molecule has 1 nitrogen and oxygen atoms in total. The number of thiophene rings is 1. The third kappa shape index (κ3) is 5.46. The van der Waals surface area contributed by atoms with Crippen LogP contribution < -0.4 is 4.90 Å². The highest BCUT2D eigenvalue weighted by Gasteiger charge is 2.25. The second-order valence-electron chi connectivity index (χ2n) is 14.5. The average molecular weight is 730 g/mol. The molecule has 262 valence electrons. The summed E-state index contributed by atoms with van der Waals surface area (Å²) in [5.41, 5.74) is 10.6. The van der Waals surface area contributed by atoms with Gasteiger partial charge in [-0.1, -0.05) is 170 Å². The van der Waals surface area contributed by atoms with E-state index in [1.165, 1.54) is 85.9 Å². The molecule has 0 bridgehead atoms. The number of rotatable bonds is 6. The van der Waals surface area contributed by atoms with E-state index in [1.807, 2.05) is 11.3 Å². The van der Waals surface area contributed by atoms with Crippen molar-refractivity contribution >= 4 is 80.9 Å². The molecule has 1 heterocycles. The number of hydrogen-bond acceptors (Lipinski definition) is 2. The largest absolute Gasteiger partial charge is 0.308 e. The molecule has 56 heavy (non-hydrogen) atoms. The van der Waals surface area contributed by atoms with E-state index in [2.05, 4.69) is 217 Å². The third-order valence-electron chi connectivity index (χ3n) is 11.2. The minimum atomic E-state index is 1.13. The zero-order chi connectivity index (χ0) is 37.0. The fourth-order valence-corrected chi connectivity index (χ4v) is 9.73. The molecule has 0 saturated carbocycles. The summed E-state index contributed by atoms with van der Waals surface area (Å²) in [6, 6.07) is 78.0. The lowest BCUT2D eigenvalue weighted by Gasteiger charge is -2.31. The average Bonchev–Trinajstić information content (AvgIpc) is 3.66. The third-order valence-corrected chi connectivity index (χ3v) is 12.4. The number of fused-ring (bicyclic) bond motifs is 6. The Kier molecular flexibility index (Phi) is 7.75. The van der Waals surface area contributed by atoms with Gasteiger partial charge < -0.3 is 4.90 Å². The van der Waals surface area contributed by atoms with Crippen molar-refractivity contribution in [3.8, 4) is 33.4 Å². The van der Waals surface area contributed by atoms with Crippen molar-refractivity contribution in [2.45, 2.75) is 0 Å². The number of nitrogens with zero attached hydrogens (tertiary/aromatic N) is 1. The van der Waals surface area contributed by atoms with E-state index in [0.29, 0.717) is 0 Å². The van der Waals surface area contributed by atoms with Gasteiger partial charge in [0.15, 0.2) is 0 Å². The topological polar surface area (TPSA) is 3.24 Å². The highest BCUT2D eigenvalue weighted by atomic mass is 32.1. The first kappa shape index (κ1) is 32.4. The van der Waals surface area contributed by atoms with Gasteiger partial charge >= 0.3 is 0 Å². The van der Waals surface area contributed by atoms with Crippen molar-refractivity contribution in [1.82, 2.24) is 0 Å². The Morgan fingerprint density at radius 2 is 0.875 bits per heavy atom. The minimum Gasteiger partial charge on any atom is -0.308 e. The number of benzene rings is 10. The second kappa shape index (κ2) is 13.4. The van der Waals surface area contributed by atoms with Crippen LogP contribution in [0.3, 0.4) is 0 Å². The van der Waals surface area contributed by atoms with E-state index in [-0.39, 0.29) is 0 Å². The molecular weight excluding hydrogens is 695 g/mol. The van der Waals surface area contributed by atoms with Gasteiger partial charge in [-0.2, -0.15) is 0 Å². The van der Waals surface area contributed by atoms with E-state index in [9.17, 15) is 0 Å². The summed E-state index contributed by atoms with van der Waals surface area (Å²) >= 11 is 1.88. The maximum Gasteiger partial charge on any atom is 0.0640 e. The summed E-state index contributed by atoms with van der Waals surface area (Å²) in [6.45, 7) is 0. The second-order valence-corrected chi connectivity index (χ2v) is 15.5. The first-order valence-electron chi connectivity index (χ1n) is 19.2. The lowest BCUT2D eigenvalue weighted by molar-refractivity contribution is 1.31. The fraction of sp³-hybridized carbons (Fsp3) is 0. The van der Waals surface area contributed by atoms with Crippen LogP contribution in [0.15, 0.2) is 212 Å². The number of hydrogen-bond donors (Lipinski definition) is 0. The molecule has 0 aliphatic rings. The van der Waals surface area contributed by atoms with Crippen molar-refractivity contribution in [2.24, 2.45) is 0 Å². The van der Waals surface area contributed by atoms with Crippen molar-refractivity contribution in [3.63, 3.8) is 0 Å². The summed E-state index contributed by atoms with van der Waals surface area (Å²) in [6.07, 6.45) is 0. The maximum atomic E-state index is 2.55. The molecule has 0 radical (unpaired) electrons. The van der Waals surface area contributed by atoms with Crippen LogP contribution in [-0.2, 0) is 0 Å². The molecule has 0 spiro atoms. The molecule has 1 aromatic heterocycles. The van der Waals surface area contributed by atoms with Gasteiger partial charge in [-0.3, -0.25) is 0 Å². The monoisotopic (exact) mass is 729 g/mol. The summed E-state index contributed by atoms with van der Waals surface area (Å²) in [7, 11) is 0. The molecule has 11 aromatic rings. The molecule has 10 aromatic carbocycles. The first-order valence-corrected chi connectivity index (χ1v) is 20.0. The summed E-state index contributed by atoms with van der Waals surface area (Å²) in [4.78, 5) is 2.55. The van der Waals surface area contributed by atoms with Crippen LogP contribution >= 0.6 is 11.3 Å². The Balaban J connectivity index is 1.27. The van der Waals surface area contributed by atoms with Gasteiger partial charge in [0.05, 0.1) is 21.8 Å². The Bertz CT molecular complexity index is 3270. The Morgan fingerprint density at radius 1 is 0.304 bits per heavy atom. The van der Waals surface area contributed by atoms with Gasteiger partial charge in [-0.25, -0.2) is 0 Å². The zero-order valence-corrected chi connectivity index (χ0v) is 31.4. The fourth-order valence-electron chi connectivity index (χ4n) is 8.52. The molecule has 0 aliphatic carbocycles. The van der Waals surface area contributed by atoms with Gasteiger partial charge in [-0.15, -0.1) is 11.3 Å². The molecule has 0 N–H and O–H groups in total. The van der Waals surface area contributed by atoms with E-state index >= 15 is 0 Å². The molecule has 0 atom stereocenters. The predicted molar refractivity (Wildman–Crippen MR) is 243 cm³/mol. The van der Waals surface area contributed by atoms with E-state index in [1.54, 1.807) is 0 Å². The summed E-state index contributed by atoms with van der Waals surface area (Å²) in [5, 5.41) is 9.92. The van der Waals surface area contributed by atoms with Crippen LogP contribution in [0.1, 0.15) is 0 Å². The number of anilines is 3. The van der Waals surface area contributed by atoms with Gasteiger partial charge in [0.2, 0.25) is 0 Å². The van der Waals surface area contributed by atoms with E-state index < -0.39 is 0 Å². The van der Waals surface area contributed by atoms with Gasteiger partial charge in [0.25, 0.3) is 0 Å². The van der Waals surface area contributed by atoms with Crippen LogP contribution in [-0.4, -0.2) is 0 Å². The highest BCUT2D eigenvalue weighted by Crippen LogP contribution is 2.51. The van der Waals surface area contributed by atoms with Crippen LogP contribution in [0.5, 0.6) is 0 Å². The van der Waals surface area contributed by atoms with Gasteiger partial charge in [-0.05, 0) is 97.0 Å². The molecule has 11 rings (SSSR count).